The fourth-order valence-electron chi connectivity index (χ4n) is 2.25. The Kier molecular flexibility index (Phi) is 5.41. The minimum atomic E-state index is -0.680. The van der Waals surface area contributed by atoms with Crippen LogP contribution in [0.25, 0.3) is 0 Å². The lowest BCUT2D eigenvalue weighted by Gasteiger charge is -2.09. The highest BCUT2D eigenvalue weighted by Crippen LogP contribution is 2.24. The minimum Gasteiger partial charge on any atom is -0.453 e. The van der Waals surface area contributed by atoms with Gasteiger partial charge in [0.25, 0.3) is 5.56 Å². The molecule has 0 aliphatic heterocycles. The van der Waals surface area contributed by atoms with Crippen molar-refractivity contribution in [1.82, 2.24) is 19.9 Å². The van der Waals surface area contributed by atoms with Crippen molar-refractivity contribution in [3.8, 4) is 11.5 Å². The Morgan fingerprint density at radius 3 is 2.81 bits per heavy atom. The van der Waals surface area contributed by atoms with E-state index in [0.717, 1.165) is 10.6 Å². The Hall–Kier alpha value is -3.75. The van der Waals surface area contributed by atoms with E-state index in [9.17, 15) is 18.8 Å². The summed E-state index contributed by atoms with van der Waals surface area (Å²) in [5, 5.41) is 2.58. The largest absolute Gasteiger partial charge is 0.453 e. The van der Waals surface area contributed by atoms with Crippen LogP contribution in [0.3, 0.4) is 0 Å². The molecule has 0 saturated carbocycles. The van der Waals surface area contributed by atoms with Gasteiger partial charge in [-0.15, -0.1) is 0 Å². The Morgan fingerprint density at radius 2 is 2.11 bits per heavy atom. The van der Waals surface area contributed by atoms with Gasteiger partial charge in [-0.3, -0.25) is 24.1 Å². The lowest BCUT2D eigenvalue weighted by Crippen LogP contribution is -2.35. The summed E-state index contributed by atoms with van der Waals surface area (Å²) in [6, 6.07) is 8.78. The number of ether oxygens (including phenoxy) is 1. The van der Waals surface area contributed by atoms with Crippen molar-refractivity contribution >= 4 is 5.91 Å². The molecule has 0 spiro atoms. The molecule has 138 valence electrons. The monoisotopic (exact) mass is 370 g/mol. The van der Waals surface area contributed by atoms with E-state index < -0.39 is 23.0 Å². The summed E-state index contributed by atoms with van der Waals surface area (Å²) in [5.74, 6) is -0.593. The lowest BCUT2D eigenvalue weighted by molar-refractivity contribution is -0.121. The van der Waals surface area contributed by atoms with Gasteiger partial charge in [-0.1, -0.05) is 6.07 Å². The number of carbonyl (C=O) groups excluding carboxylic acids is 1. The second kappa shape index (κ2) is 8.09. The highest BCUT2D eigenvalue weighted by atomic mass is 19.1. The Labute approximate surface area is 152 Å². The first kappa shape index (κ1) is 18.1. The molecule has 0 fully saturated rings. The van der Waals surface area contributed by atoms with Crippen molar-refractivity contribution in [3.63, 3.8) is 0 Å². The zero-order valence-corrected chi connectivity index (χ0v) is 14.0. The number of halogens is 1. The Balaban J connectivity index is 1.59. The van der Waals surface area contributed by atoms with Crippen molar-refractivity contribution in [2.45, 2.75) is 13.1 Å². The molecule has 0 aliphatic carbocycles. The second-order valence-electron chi connectivity index (χ2n) is 5.57. The van der Waals surface area contributed by atoms with Crippen LogP contribution in [0.2, 0.25) is 0 Å². The molecule has 3 rings (SSSR count). The molecule has 0 unspecified atom stereocenters. The summed E-state index contributed by atoms with van der Waals surface area (Å²) in [6.07, 6.45) is 4.27. The number of benzene rings is 1. The molecule has 1 amide bonds. The van der Waals surface area contributed by atoms with E-state index in [4.69, 9.17) is 4.74 Å². The number of rotatable bonds is 6. The molecule has 8 nitrogen and oxygen atoms in total. The normalized spacial score (nSPS) is 10.4. The van der Waals surface area contributed by atoms with Crippen LogP contribution < -0.4 is 21.3 Å². The average molecular weight is 370 g/mol. The van der Waals surface area contributed by atoms with Gasteiger partial charge in [0, 0.05) is 25.0 Å². The molecule has 0 radical (unpaired) electrons. The number of hydrogen-bond donors (Lipinski definition) is 2. The number of nitrogens with zero attached hydrogens (tertiary/aromatic N) is 2. The zero-order chi connectivity index (χ0) is 19.2. The van der Waals surface area contributed by atoms with Crippen LogP contribution in [0.15, 0.2) is 64.6 Å². The molecule has 0 atom stereocenters. The average Bonchev–Trinajstić information content (AvgIpc) is 2.65. The summed E-state index contributed by atoms with van der Waals surface area (Å²) in [4.78, 5) is 40.4. The fraction of sp³-hybridized carbons (Fsp3) is 0.111. The number of amides is 1. The summed E-state index contributed by atoms with van der Waals surface area (Å²) in [7, 11) is 0. The van der Waals surface area contributed by atoms with Crippen LogP contribution >= 0.6 is 0 Å². The molecule has 3 aromatic rings. The van der Waals surface area contributed by atoms with Crippen molar-refractivity contribution in [2.75, 3.05) is 0 Å². The third-order valence-corrected chi connectivity index (χ3v) is 3.56. The highest BCUT2D eigenvalue weighted by molar-refractivity contribution is 5.75. The summed E-state index contributed by atoms with van der Waals surface area (Å²) < 4.78 is 20.6. The predicted molar refractivity (Wildman–Crippen MR) is 93.9 cm³/mol. The van der Waals surface area contributed by atoms with Crippen molar-refractivity contribution < 1.29 is 13.9 Å². The van der Waals surface area contributed by atoms with Crippen LogP contribution in [0.1, 0.15) is 5.56 Å². The molecular weight excluding hydrogens is 355 g/mol. The van der Waals surface area contributed by atoms with Crippen LogP contribution in [0.4, 0.5) is 4.39 Å². The third-order valence-electron chi connectivity index (χ3n) is 3.56. The first-order chi connectivity index (χ1) is 13.0. The van der Waals surface area contributed by atoms with Gasteiger partial charge in [-0.05, 0) is 29.8 Å². The maximum Gasteiger partial charge on any atom is 0.328 e. The summed E-state index contributed by atoms with van der Waals surface area (Å²) >= 11 is 0. The van der Waals surface area contributed by atoms with Gasteiger partial charge < -0.3 is 10.1 Å². The summed E-state index contributed by atoms with van der Waals surface area (Å²) in [6.45, 7) is -0.193. The zero-order valence-electron chi connectivity index (χ0n) is 14.0. The van der Waals surface area contributed by atoms with E-state index >= 15 is 0 Å². The number of pyridine rings is 1. The Morgan fingerprint density at radius 1 is 1.26 bits per heavy atom. The first-order valence-electron chi connectivity index (χ1n) is 7.94. The van der Waals surface area contributed by atoms with Gasteiger partial charge in [0.05, 0.1) is 6.20 Å². The standard InChI is InChI=1S/C18H15FN4O4/c19-14-8-12(3-4-15(14)27-13-2-1-6-20-10-13)9-21-17(25)11-23-7-5-16(24)22-18(23)26/h1-8,10H,9,11H2,(H,21,25)(H,22,24,26). The topological polar surface area (TPSA) is 106 Å². The fourth-order valence-corrected chi connectivity index (χ4v) is 2.25. The van der Waals surface area contributed by atoms with E-state index in [1.807, 2.05) is 0 Å². The Bertz CT molecular complexity index is 1060. The quantitative estimate of drug-likeness (QED) is 0.678. The van der Waals surface area contributed by atoms with E-state index in [1.54, 1.807) is 24.4 Å². The van der Waals surface area contributed by atoms with Crippen LogP contribution in [-0.4, -0.2) is 20.4 Å². The van der Waals surface area contributed by atoms with Gasteiger partial charge in [0.2, 0.25) is 5.91 Å². The number of aromatic amines is 1. The molecule has 0 aliphatic rings. The van der Waals surface area contributed by atoms with E-state index in [2.05, 4.69) is 15.3 Å². The van der Waals surface area contributed by atoms with E-state index in [-0.39, 0.29) is 18.8 Å². The first-order valence-corrected chi connectivity index (χ1v) is 7.94. The molecule has 2 aromatic heterocycles. The molecule has 2 heterocycles. The number of aromatic nitrogens is 3. The molecule has 0 saturated heterocycles. The van der Waals surface area contributed by atoms with E-state index in [1.165, 1.54) is 24.5 Å². The molecule has 2 N–H and O–H groups in total. The van der Waals surface area contributed by atoms with Crippen LogP contribution in [-0.2, 0) is 17.9 Å². The number of carbonyl (C=O) groups is 1. The van der Waals surface area contributed by atoms with E-state index in [0.29, 0.717) is 11.3 Å². The maximum atomic E-state index is 14.2. The molecule has 9 heteroatoms. The molecule has 1 aromatic carbocycles. The molecule has 0 bridgehead atoms. The predicted octanol–water partition coefficient (Wildman–Crippen LogP) is 1.18. The molecular formula is C18H15FN4O4. The lowest BCUT2D eigenvalue weighted by atomic mass is 10.2. The van der Waals surface area contributed by atoms with Gasteiger partial charge >= 0.3 is 5.69 Å². The highest BCUT2D eigenvalue weighted by Gasteiger charge is 2.08. The van der Waals surface area contributed by atoms with Gasteiger partial charge in [0.1, 0.15) is 12.3 Å². The van der Waals surface area contributed by atoms with Gasteiger partial charge in [-0.2, -0.15) is 0 Å². The third kappa shape index (κ3) is 4.88. The maximum absolute atomic E-state index is 14.2. The smallest absolute Gasteiger partial charge is 0.328 e. The molecule has 27 heavy (non-hydrogen) atoms. The second-order valence-corrected chi connectivity index (χ2v) is 5.57. The van der Waals surface area contributed by atoms with Gasteiger partial charge in [-0.25, -0.2) is 9.18 Å². The van der Waals surface area contributed by atoms with Crippen LogP contribution in [0.5, 0.6) is 11.5 Å². The van der Waals surface area contributed by atoms with Crippen LogP contribution in [0, 0.1) is 5.82 Å². The van der Waals surface area contributed by atoms with Crippen molar-refractivity contribution in [3.05, 3.63) is 87.2 Å². The van der Waals surface area contributed by atoms with Crippen molar-refractivity contribution in [1.29, 1.82) is 0 Å². The van der Waals surface area contributed by atoms with Gasteiger partial charge in [0.15, 0.2) is 11.6 Å². The SMILES string of the molecule is O=C(Cn1ccc(=O)[nH]c1=O)NCc1ccc(Oc2cccnc2)c(F)c1. The summed E-state index contributed by atoms with van der Waals surface area (Å²) in [5.41, 5.74) is -0.700. The minimum absolute atomic E-state index is 0.0397. The van der Waals surface area contributed by atoms with Crippen molar-refractivity contribution in [2.24, 2.45) is 0 Å². The number of H-pyrrole nitrogens is 1. The number of nitrogens with one attached hydrogen (secondary N) is 2. The number of hydrogen-bond acceptors (Lipinski definition) is 5.